The van der Waals surface area contributed by atoms with Crippen molar-refractivity contribution in [3.05, 3.63) is 17.5 Å². The standard InChI is InChI=1S/C18H28F3N3S/c1-3-25-12-13-8-9-24(11-13)15-6-4-14(5-7-15)16-10-17(18(19,20)21)22-23(16)2/h10,13-15H,3-9,11-12H2,1-2H3. The van der Waals surface area contributed by atoms with Crippen molar-refractivity contribution in [1.82, 2.24) is 14.7 Å². The van der Waals surface area contributed by atoms with Gasteiger partial charge >= 0.3 is 6.18 Å². The molecule has 0 amide bonds. The molecule has 7 heteroatoms. The zero-order chi connectivity index (χ0) is 18.0. The quantitative estimate of drug-likeness (QED) is 0.754. The summed E-state index contributed by atoms with van der Waals surface area (Å²) in [6, 6.07) is 1.86. The Morgan fingerprint density at radius 2 is 1.92 bits per heavy atom. The van der Waals surface area contributed by atoms with Crippen LogP contribution in [-0.4, -0.2) is 45.3 Å². The van der Waals surface area contributed by atoms with Crippen molar-refractivity contribution in [2.24, 2.45) is 13.0 Å². The zero-order valence-corrected chi connectivity index (χ0v) is 15.9. The van der Waals surface area contributed by atoms with Gasteiger partial charge in [-0.2, -0.15) is 30.0 Å². The highest BCUT2D eigenvalue weighted by Gasteiger charge is 2.37. The minimum Gasteiger partial charge on any atom is -0.300 e. The summed E-state index contributed by atoms with van der Waals surface area (Å²) in [5.74, 6) is 3.47. The molecule has 2 aliphatic rings. The summed E-state index contributed by atoms with van der Waals surface area (Å²) in [4.78, 5) is 2.63. The second-order valence-electron chi connectivity index (χ2n) is 7.39. The average Bonchev–Trinajstić information content (AvgIpc) is 3.19. The molecule has 2 heterocycles. The Bertz CT molecular complexity index is 564. The maximum atomic E-state index is 12.9. The third kappa shape index (κ3) is 4.54. The Labute approximate surface area is 152 Å². The topological polar surface area (TPSA) is 21.1 Å². The minimum absolute atomic E-state index is 0.207. The predicted molar refractivity (Wildman–Crippen MR) is 95.9 cm³/mol. The van der Waals surface area contributed by atoms with E-state index in [-0.39, 0.29) is 5.92 Å². The summed E-state index contributed by atoms with van der Waals surface area (Å²) < 4.78 is 40.0. The number of aromatic nitrogens is 2. The Morgan fingerprint density at radius 1 is 1.20 bits per heavy atom. The van der Waals surface area contributed by atoms with Gasteiger partial charge in [0.05, 0.1) is 0 Å². The van der Waals surface area contributed by atoms with Crippen molar-refractivity contribution in [3.63, 3.8) is 0 Å². The lowest BCUT2D eigenvalue weighted by atomic mass is 9.83. The van der Waals surface area contributed by atoms with E-state index in [0.29, 0.717) is 6.04 Å². The van der Waals surface area contributed by atoms with E-state index in [9.17, 15) is 13.2 Å². The van der Waals surface area contributed by atoms with Crippen molar-refractivity contribution in [2.45, 2.75) is 57.2 Å². The van der Waals surface area contributed by atoms with Crippen LogP contribution in [0, 0.1) is 5.92 Å². The van der Waals surface area contributed by atoms with E-state index in [1.807, 2.05) is 11.8 Å². The van der Waals surface area contributed by atoms with E-state index in [4.69, 9.17) is 0 Å². The largest absolute Gasteiger partial charge is 0.435 e. The summed E-state index contributed by atoms with van der Waals surface area (Å²) in [5.41, 5.74) is -0.0210. The molecule has 1 saturated carbocycles. The summed E-state index contributed by atoms with van der Waals surface area (Å²) in [6.45, 7) is 4.60. The van der Waals surface area contributed by atoms with Crippen molar-refractivity contribution in [1.29, 1.82) is 0 Å². The van der Waals surface area contributed by atoms with Crippen LogP contribution < -0.4 is 0 Å². The lowest BCUT2D eigenvalue weighted by Gasteiger charge is -2.34. The number of likely N-dealkylation sites (tertiary alicyclic amines) is 1. The third-order valence-electron chi connectivity index (χ3n) is 5.71. The molecule has 0 spiro atoms. The second-order valence-corrected chi connectivity index (χ2v) is 8.71. The number of alkyl halides is 3. The summed E-state index contributed by atoms with van der Waals surface area (Å²) >= 11 is 2.03. The molecule has 25 heavy (non-hydrogen) atoms. The highest BCUT2D eigenvalue weighted by atomic mass is 32.2. The van der Waals surface area contributed by atoms with Crippen molar-refractivity contribution >= 4 is 11.8 Å². The van der Waals surface area contributed by atoms with Crippen molar-refractivity contribution in [3.8, 4) is 0 Å². The molecule has 3 nitrogen and oxygen atoms in total. The van der Waals surface area contributed by atoms with Crippen LogP contribution in [0.2, 0.25) is 0 Å². The summed E-state index contributed by atoms with van der Waals surface area (Å²) in [5, 5.41) is 3.67. The Morgan fingerprint density at radius 3 is 2.52 bits per heavy atom. The molecule has 142 valence electrons. The van der Waals surface area contributed by atoms with Gasteiger partial charge in [-0.15, -0.1) is 0 Å². The number of thioether (sulfide) groups is 1. The van der Waals surface area contributed by atoms with E-state index in [1.54, 1.807) is 7.05 Å². The molecule has 1 saturated heterocycles. The fourth-order valence-corrected chi connectivity index (χ4v) is 5.19. The van der Waals surface area contributed by atoms with Crippen LogP contribution in [0.5, 0.6) is 0 Å². The number of hydrogen-bond donors (Lipinski definition) is 0. The number of nitrogens with zero attached hydrogens (tertiary/aromatic N) is 3. The molecule has 1 aromatic heterocycles. The van der Waals surface area contributed by atoms with Gasteiger partial charge in [-0.05, 0) is 62.1 Å². The van der Waals surface area contributed by atoms with E-state index < -0.39 is 11.9 Å². The fraction of sp³-hybridized carbons (Fsp3) is 0.833. The first kappa shape index (κ1) is 19.1. The maximum absolute atomic E-state index is 12.9. The lowest BCUT2D eigenvalue weighted by Crippen LogP contribution is -2.36. The number of rotatable bonds is 5. The molecular weight excluding hydrogens is 347 g/mol. The van der Waals surface area contributed by atoms with Gasteiger partial charge in [0.1, 0.15) is 0 Å². The first-order valence-corrected chi connectivity index (χ1v) is 10.5. The molecule has 1 atom stereocenters. The SMILES string of the molecule is CCSCC1CCN(C2CCC(c3cc(C(F)(F)F)nn3C)CC2)C1. The molecule has 1 unspecified atom stereocenters. The van der Waals surface area contributed by atoms with Crippen LogP contribution >= 0.6 is 11.8 Å². The first-order chi connectivity index (χ1) is 11.9. The van der Waals surface area contributed by atoms with Crippen molar-refractivity contribution < 1.29 is 13.2 Å². The molecule has 2 fully saturated rings. The molecule has 1 aromatic rings. The first-order valence-electron chi connectivity index (χ1n) is 9.31. The monoisotopic (exact) mass is 375 g/mol. The Balaban J connectivity index is 1.53. The Hall–Kier alpha value is -0.690. The smallest absolute Gasteiger partial charge is 0.300 e. The molecule has 0 N–H and O–H groups in total. The lowest BCUT2D eigenvalue weighted by molar-refractivity contribution is -0.141. The van der Waals surface area contributed by atoms with Gasteiger partial charge in [-0.3, -0.25) is 4.68 Å². The molecule has 1 aliphatic carbocycles. The Kier molecular flexibility index (Phi) is 6.03. The van der Waals surface area contributed by atoms with Gasteiger partial charge in [-0.1, -0.05) is 6.92 Å². The highest BCUT2D eigenvalue weighted by Crippen LogP contribution is 2.38. The minimum atomic E-state index is -4.35. The highest BCUT2D eigenvalue weighted by molar-refractivity contribution is 7.99. The number of hydrogen-bond acceptors (Lipinski definition) is 3. The summed E-state index contributed by atoms with van der Waals surface area (Å²) in [7, 11) is 1.63. The molecule has 0 aromatic carbocycles. The van der Waals surface area contributed by atoms with Crippen LogP contribution in [0.4, 0.5) is 13.2 Å². The molecule has 1 aliphatic heterocycles. The maximum Gasteiger partial charge on any atom is 0.435 e. The third-order valence-corrected chi connectivity index (χ3v) is 6.83. The van der Waals surface area contributed by atoms with Gasteiger partial charge in [0.15, 0.2) is 5.69 Å². The van der Waals surface area contributed by atoms with Gasteiger partial charge in [0.2, 0.25) is 0 Å². The van der Waals surface area contributed by atoms with Crippen LogP contribution in [-0.2, 0) is 13.2 Å². The zero-order valence-electron chi connectivity index (χ0n) is 15.1. The number of aryl methyl sites for hydroxylation is 1. The van der Waals surface area contributed by atoms with Gasteiger partial charge < -0.3 is 4.90 Å². The normalized spacial score (nSPS) is 28.6. The molecule has 3 rings (SSSR count). The fourth-order valence-electron chi connectivity index (χ4n) is 4.35. The van der Waals surface area contributed by atoms with Crippen molar-refractivity contribution in [2.75, 3.05) is 24.6 Å². The average molecular weight is 376 g/mol. The molecule has 0 radical (unpaired) electrons. The van der Waals surface area contributed by atoms with E-state index >= 15 is 0 Å². The van der Waals surface area contributed by atoms with Gasteiger partial charge in [0.25, 0.3) is 0 Å². The second kappa shape index (κ2) is 7.91. The van der Waals surface area contributed by atoms with Crippen LogP contribution in [0.25, 0.3) is 0 Å². The summed E-state index contributed by atoms with van der Waals surface area (Å²) in [6.07, 6.45) is 1.05. The van der Waals surface area contributed by atoms with Crippen LogP contribution in [0.15, 0.2) is 6.07 Å². The van der Waals surface area contributed by atoms with Crippen LogP contribution in [0.3, 0.4) is 0 Å². The molecular formula is C18H28F3N3S. The van der Waals surface area contributed by atoms with Gasteiger partial charge in [0, 0.05) is 31.2 Å². The van der Waals surface area contributed by atoms with E-state index in [1.165, 1.54) is 41.8 Å². The van der Waals surface area contributed by atoms with Gasteiger partial charge in [-0.25, -0.2) is 0 Å². The van der Waals surface area contributed by atoms with E-state index in [0.717, 1.165) is 37.3 Å². The van der Waals surface area contributed by atoms with Crippen LogP contribution in [0.1, 0.15) is 56.3 Å². The molecule has 0 bridgehead atoms. The predicted octanol–water partition coefficient (Wildman–Crippen LogP) is 4.54. The van der Waals surface area contributed by atoms with E-state index in [2.05, 4.69) is 16.9 Å². The number of halogens is 3.